The lowest BCUT2D eigenvalue weighted by Crippen LogP contribution is -2.13. The van der Waals surface area contributed by atoms with Gasteiger partial charge in [0.05, 0.1) is 27.9 Å². The van der Waals surface area contributed by atoms with Gasteiger partial charge in [-0.25, -0.2) is 0 Å². The number of hydrogen-bond acceptors (Lipinski definition) is 8. The van der Waals surface area contributed by atoms with Gasteiger partial charge in [-0.15, -0.1) is 0 Å². The van der Waals surface area contributed by atoms with Crippen molar-refractivity contribution in [3.05, 3.63) is 38.4 Å². The molecule has 0 aliphatic rings. The van der Waals surface area contributed by atoms with E-state index in [4.69, 9.17) is 0 Å². The molecule has 0 saturated carbocycles. The van der Waals surface area contributed by atoms with Crippen LogP contribution in [0, 0.1) is 20.2 Å². The first-order valence-corrected chi connectivity index (χ1v) is 7.42. The van der Waals surface area contributed by atoms with Gasteiger partial charge in [0, 0.05) is 6.07 Å². The number of methoxy groups -OCH3 is 1. The monoisotopic (exact) mass is 318 g/mol. The Morgan fingerprint density at radius 3 is 2.45 bits per heavy atom. The highest BCUT2D eigenvalue weighted by Gasteiger charge is 2.22. The molecule has 0 saturated heterocycles. The van der Waals surface area contributed by atoms with E-state index in [1.54, 1.807) is 6.92 Å². The molecule has 0 heterocycles. The molecule has 1 aromatic carbocycles. The molecule has 10 heteroatoms. The van der Waals surface area contributed by atoms with Gasteiger partial charge in [-0.2, -0.15) is 0 Å². The molecule has 0 aromatic heterocycles. The van der Waals surface area contributed by atoms with Crippen LogP contribution in [0.1, 0.15) is 6.92 Å². The molecule has 8 nitrogen and oxygen atoms in total. The SMILES string of the molecule is COC(=O)C(C)SSc1ccc([N+](=O)[O-])cc1[N+](=O)[O-]. The van der Waals surface area contributed by atoms with Crippen LogP contribution in [0.3, 0.4) is 0 Å². The summed E-state index contributed by atoms with van der Waals surface area (Å²) in [5, 5.41) is 21.0. The molecule has 1 unspecified atom stereocenters. The number of nitro groups is 2. The van der Waals surface area contributed by atoms with E-state index in [1.165, 1.54) is 19.2 Å². The number of benzene rings is 1. The van der Waals surface area contributed by atoms with Crippen LogP contribution in [0.4, 0.5) is 11.4 Å². The van der Waals surface area contributed by atoms with Crippen molar-refractivity contribution in [2.75, 3.05) is 7.11 Å². The third kappa shape index (κ3) is 4.10. The molecule has 108 valence electrons. The Morgan fingerprint density at radius 1 is 1.30 bits per heavy atom. The number of nitro benzene ring substituents is 2. The van der Waals surface area contributed by atoms with Crippen LogP contribution in [-0.4, -0.2) is 28.2 Å². The van der Waals surface area contributed by atoms with Gasteiger partial charge in [0.2, 0.25) is 0 Å². The van der Waals surface area contributed by atoms with E-state index >= 15 is 0 Å². The molecule has 0 bridgehead atoms. The highest BCUT2D eigenvalue weighted by Crippen LogP contribution is 2.41. The molecule has 1 atom stereocenters. The molecular formula is C10H10N2O6S2. The molecule has 0 amide bonds. The first-order chi connectivity index (χ1) is 9.36. The number of carbonyl (C=O) groups is 1. The number of ether oxygens (including phenoxy) is 1. The van der Waals surface area contributed by atoms with E-state index in [0.29, 0.717) is 0 Å². The van der Waals surface area contributed by atoms with E-state index < -0.39 is 21.1 Å². The third-order valence-corrected chi connectivity index (χ3v) is 4.96. The first-order valence-electron chi connectivity index (χ1n) is 5.20. The zero-order valence-electron chi connectivity index (χ0n) is 10.5. The van der Waals surface area contributed by atoms with Crippen LogP contribution >= 0.6 is 21.6 Å². The maximum atomic E-state index is 11.2. The average molecular weight is 318 g/mol. The average Bonchev–Trinajstić information content (AvgIpc) is 2.43. The smallest absolute Gasteiger partial charge is 0.319 e. The zero-order valence-corrected chi connectivity index (χ0v) is 12.1. The summed E-state index contributed by atoms with van der Waals surface area (Å²) in [7, 11) is 3.32. The topological polar surface area (TPSA) is 113 Å². The summed E-state index contributed by atoms with van der Waals surface area (Å²) >= 11 is 0. The fraction of sp³-hybridized carbons (Fsp3) is 0.300. The highest BCUT2D eigenvalue weighted by atomic mass is 33.1. The number of esters is 1. The fourth-order valence-corrected chi connectivity index (χ4v) is 3.33. The van der Waals surface area contributed by atoms with Crippen LogP contribution in [0.5, 0.6) is 0 Å². The summed E-state index contributed by atoms with van der Waals surface area (Å²) in [6.07, 6.45) is 0. The Bertz CT molecular complexity index is 551. The summed E-state index contributed by atoms with van der Waals surface area (Å²) in [5.41, 5.74) is -0.721. The predicted molar refractivity (Wildman–Crippen MR) is 74.7 cm³/mol. The van der Waals surface area contributed by atoms with Crippen molar-refractivity contribution >= 4 is 38.9 Å². The fourth-order valence-electron chi connectivity index (χ4n) is 1.16. The van der Waals surface area contributed by atoms with Crippen LogP contribution in [0.15, 0.2) is 23.1 Å². The van der Waals surface area contributed by atoms with Crippen molar-refractivity contribution in [1.82, 2.24) is 0 Å². The largest absolute Gasteiger partial charge is 0.468 e. The Morgan fingerprint density at radius 2 is 1.95 bits per heavy atom. The molecular weight excluding hydrogens is 308 g/mol. The van der Waals surface area contributed by atoms with E-state index in [2.05, 4.69) is 4.74 Å². The predicted octanol–water partition coefficient (Wildman–Crippen LogP) is 2.80. The number of non-ortho nitro benzene ring substituents is 1. The van der Waals surface area contributed by atoms with E-state index in [9.17, 15) is 25.0 Å². The summed E-state index contributed by atoms with van der Waals surface area (Å²) in [6, 6.07) is 3.36. The molecule has 0 spiro atoms. The molecule has 20 heavy (non-hydrogen) atoms. The molecule has 0 N–H and O–H groups in total. The molecule has 0 aliphatic heterocycles. The van der Waals surface area contributed by atoms with Gasteiger partial charge in [0.1, 0.15) is 5.25 Å². The molecule has 0 fully saturated rings. The van der Waals surface area contributed by atoms with Crippen molar-refractivity contribution in [2.45, 2.75) is 17.1 Å². The second-order valence-corrected chi connectivity index (χ2v) is 6.09. The summed E-state index contributed by atoms with van der Waals surface area (Å²) in [6.45, 7) is 1.60. The van der Waals surface area contributed by atoms with E-state index in [1.807, 2.05) is 0 Å². The van der Waals surface area contributed by atoms with Crippen molar-refractivity contribution in [1.29, 1.82) is 0 Å². The van der Waals surface area contributed by atoms with Gasteiger partial charge in [-0.1, -0.05) is 10.8 Å². The minimum atomic E-state index is -0.703. The Kier molecular flexibility index (Phi) is 5.77. The van der Waals surface area contributed by atoms with Crippen molar-refractivity contribution in [2.24, 2.45) is 0 Å². The Labute approximate surface area is 121 Å². The standard InChI is InChI=1S/C10H10N2O6S2/c1-6(10(13)18-2)19-20-9-4-3-7(11(14)15)5-8(9)12(16)17/h3-6H,1-2H3. The normalized spacial score (nSPS) is 11.7. The third-order valence-electron chi connectivity index (χ3n) is 2.17. The first kappa shape index (κ1) is 16.2. The Hall–Kier alpha value is -1.81. The van der Waals surface area contributed by atoms with Gasteiger partial charge in [0.15, 0.2) is 0 Å². The van der Waals surface area contributed by atoms with E-state index in [0.717, 1.165) is 27.7 Å². The molecule has 1 rings (SSSR count). The number of rotatable bonds is 6. The summed E-state index contributed by atoms with van der Waals surface area (Å²) in [4.78, 5) is 31.5. The summed E-state index contributed by atoms with van der Waals surface area (Å²) < 4.78 is 4.53. The lowest BCUT2D eigenvalue weighted by atomic mass is 10.3. The summed E-state index contributed by atoms with van der Waals surface area (Å²) in [5.74, 6) is -0.452. The van der Waals surface area contributed by atoms with Gasteiger partial charge >= 0.3 is 5.97 Å². The lowest BCUT2D eigenvalue weighted by Gasteiger charge is -2.07. The molecule has 0 radical (unpaired) electrons. The Balaban J connectivity index is 2.92. The number of hydrogen-bond donors (Lipinski definition) is 0. The van der Waals surface area contributed by atoms with Crippen molar-refractivity contribution < 1.29 is 19.4 Å². The van der Waals surface area contributed by atoms with Gasteiger partial charge in [-0.05, 0) is 23.8 Å². The maximum Gasteiger partial charge on any atom is 0.319 e. The second-order valence-electron chi connectivity index (χ2n) is 3.51. The van der Waals surface area contributed by atoms with Gasteiger partial charge < -0.3 is 4.74 Å². The molecule has 1 aromatic rings. The minimum Gasteiger partial charge on any atom is -0.468 e. The maximum absolute atomic E-state index is 11.2. The number of carbonyl (C=O) groups excluding carboxylic acids is 1. The van der Waals surface area contributed by atoms with E-state index in [-0.39, 0.29) is 16.3 Å². The zero-order chi connectivity index (χ0) is 15.3. The van der Waals surface area contributed by atoms with Gasteiger partial charge in [0.25, 0.3) is 11.4 Å². The molecule has 0 aliphatic carbocycles. The van der Waals surface area contributed by atoms with Gasteiger partial charge in [-0.3, -0.25) is 25.0 Å². The van der Waals surface area contributed by atoms with Crippen molar-refractivity contribution in [3.8, 4) is 0 Å². The quantitative estimate of drug-likeness (QED) is 0.340. The van der Waals surface area contributed by atoms with Crippen LogP contribution < -0.4 is 0 Å². The van der Waals surface area contributed by atoms with Crippen LogP contribution in [0.2, 0.25) is 0 Å². The van der Waals surface area contributed by atoms with Crippen molar-refractivity contribution in [3.63, 3.8) is 0 Å². The minimum absolute atomic E-state index is 0.237. The van der Waals surface area contributed by atoms with Crippen LogP contribution in [-0.2, 0) is 9.53 Å². The highest BCUT2D eigenvalue weighted by molar-refractivity contribution is 8.77. The second kappa shape index (κ2) is 7.10. The van der Waals surface area contributed by atoms with Crippen LogP contribution in [0.25, 0.3) is 0 Å². The number of nitrogens with zero attached hydrogens (tertiary/aromatic N) is 2. The lowest BCUT2D eigenvalue weighted by molar-refractivity contribution is -0.396.